The Kier molecular flexibility index (Phi) is 3.33. The molecule has 4 nitrogen and oxygen atoms in total. The number of anilines is 1. The first-order chi connectivity index (χ1) is 9.52. The summed E-state index contributed by atoms with van der Waals surface area (Å²) in [4.78, 5) is 18.4. The van der Waals surface area contributed by atoms with E-state index in [1.807, 2.05) is 13.8 Å². The minimum Gasteiger partial charge on any atom is -0.354 e. The number of hydrogen-bond acceptors (Lipinski definition) is 4. The zero-order valence-corrected chi connectivity index (χ0v) is 12.2. The Morgan fingerprint density at radius 3 is 2.95 bits per heavy atom. The number of carbonyl (C=O) groups excluding carboxylic acids is 1. The van der Waals surface area contributed by atoms with E-state index in [2.05, 4.69) is 15.2 Å². The lowest BCUT2D eigenvalue weighted by Crippen LogP contribution is -2.54. The fraction of sp³-hybridized carbons (Fsp3) is 0.429. The third-order valence-electron chi connectivity index (χ3n) is 3.29. The Morgan fingerprint density at radius 1 is 1.50 bits per heavy atom. The number of aromatic nitrogens is 1. The molecule has 20 heavy (non-hydrogen) atoms. The van der Waals surface area contributed by atoms with Crippen LogP contribution in [0.3, 0.4) is 0 Å². The highest BCUT2D eigenvalue weighted by atomic mass is 32.1. The topological polar surface area (TPSA) is 45.2 Å². The molecule has 0 radical (unpaired) electrons. The fourth-order valence-corrected chi connectivity index (χ4v) is 3.23. The summed E-state index contributed by atoms with van der Waals surface area (Å²) in [5, 5.41) is 3.78. The molecule has 2 aromatic rings. The zero-order chi connectivity index (χ0) is 14.3. The molecule has 1 N–H and O–H groups in total. The van der Waals surface area contributed by atoms with E-state index in [0.29, 0.717) is 13.1 Å². The van der Waals surface area contributed by atoms with Crippen LogP contribution in [0.2, 0.25) is 0 Å². The van der Waals surface area contributed by atoms with Gasteiger partial charge >= 0.3 is 0 Å². The van der Waals surface area contributed by atoms with Gasteiger partial charge in [-0.15, -0.1) is 0 Å². The van der Waals surface area contributed by atoms with Crippen molar-refractivity contribution in [2.24, 2.45) is 5.92 Å². The average molecular weight is 293 g/mol. The third-order valence-corrected chi connectivity index (χ3v) is 4.37. The Hall–Kier alpha value is -1.69. The van der Waals surface area contributed by atoms with Gasteiger partial charge in [0.2, 0.25) is 5.91 Å². The van der Waals surface area contributed by atoms with Gasteiger partial charge in [-0.05, 0) is 32.0 Å². The van der Waals surface area contributed by atoms with Crippen molar-refractivity contribution in [3.05, 3.63) is 24.0 Å². The molecule has 1 saturated heterocycles. The molecule has 0 atom stereocenters. The number of fused-ring (bicyclic) bond motifs is 1. The van der Waals surface area contributed by atoms with Crippen molar-refractivity contribution in [2.75, 3.05) is 18.0 Å². The maximum atomic E-state index is 13.1. The van der Waals surface area contributed by atoms with Crippen LogP contribution in [0.5, 0.6) is 0 Å². The summed E-state index contributed by atoms with van der Waals surface area (Å²) in [6.07, 6.45) is 0. The highest BCUT2D eigenvalue weighted by molar-refractivity contribution is 7.22. The molecule has 6 heteroatoms. The molecule has 1 aliphatic heterocycles. The van der Waals surface area contributed by atoms with Crippen LogP contribution in [0.25, 0.3) is 10.2 Å². The minimum atomic E-state index is -0.245. The van der Waals surface area contributed by atoms with Crippen LogP contribution in [0.4, 0.5) is 9.52 Å². The van der Waals surface area contributed by atoms with Crippen molar-refractivity contribution in [3.63, 3.8) is 0 Å². The molecule has 0 aliphatic carbocycles. The molecule has 1 aromatic heterocycles. The van der Waals surface area contributed by atoms with E-state index < -0.39 is 0 Å². The van der Waals surface area contributed by atoms with Crippen LogP contribution in [-0.4, -0.2) is 30.0 Å². The highest BCUT2D eigenvalue weighted by Gasteiger charge is 2.34. The van der Waals surface area contributed by atoms with Crippen molar-refractivity contribution in [1.29, 1.82) is 0 Å². The van der Waals surface area contributed by atoms with Gasteiger partial charge in [-0.2, -0.15) is 0 Å². The second-order valence-electron chi connectivity index (χ2n) is 5.37. The van der Waals surface area contributed by atoms with Crippen molar-refractivity contribution in [1.82, 2.24) is 10.3 Å². The van der Waals surface area contributed by atoms with E-state index in [4.69, 9.17) is 0 Å². The maximum Gasteiger partial charge on any atom is 0.226 e. The molecule has 2 heterocycles. The van der Waals surface area contributed by atoms with Gasteiger partial charge in [0.05, 0.1) is 16.1 Å². The highest BCUT2D eigenvalue weighted by Crippen LogP contribution is 2.33. The number of amides is 1. The van der Waals surface area contributed by atoms with E-state index in [-0.39, 0.29) is 23.7 Å². The van der Waals surface area contributed by atoms with Gasteiger partial charge in [-0.25, -0.2) is 9.37 Å². The Labute approximate surface area is 120 Å². The van der Waals surface area contributed by atoms with E-state index in [0.717, 1.165) is 15.3 Å². The number of nitrogens with zero attached hydrogens (tertiary/aromatic N) is 2. The summed E-state index contributed by atoms with van der Waals surface area (Å²) < 4.78 is 14.0. The summed E-state index contributed by atoms with van der Waals surface area (Å²) in [6, 6.07) is 4.77. The number of nitrogens with one attached hydrogen (secondary N) is 1. The average Bonchev–Trinajstić information content (AvgIpc) is 2.68. The normalized spacial score (nSPS) is 15.7. The predicted octanol–water partition coefficient (Wildman–Crippen LogP) is 2.40. The third kappa shape index (κ3) is 2.47. The van der Waals surface area contributed by atoms with Gasteiger partial charge in [0.15, 0.2) is 5.13 Å². The standard InChI is InChI=1S/C14H16FN3OS/c1-8(2)16-13(19)9-6-18(7-9)14-17-11-4-3-10(15)5-12(11)20-14/h3-5,8-9H,6-7H2,1-2H3,(H,16,19). The molecule has 1 fully saturated rings. The summed E-state index contributed by atoms with van der Waals surface area (Å²) in [7, 11) is 0. The van der Waals surface area contributed by atoms with E-state index in [1.54, 1.807) is 6.07 Å². The van der Waals surface area contributed by atoms with Crippen LogP contribution >= 0.6 is 11.3 Å². The largest absolute Gasteiger partial charge is 0.354 e. The number of rotatable bonds is 3. The van der Waals surface area contributed by atoms with Crippen LogP contribution in [0.15, 0.2) is 18.2 Å². The smallest absolute Gasteiger partial charge is 0.226 e. The molecule has 3 rings (SSSR count). The summed E-state index contributed by atoms with van der Waals surface area (Å²) in [6.45, 7) is 5.27. The molecule has 0 spiro atoms. The Morgan fingerprint density at radius 2 is 2.25 bits per heavy atom. The molecule has 0 unspecified atom stereocenters. The van der Waals surface area contributed by atoms with Gasteiger partial charge in [-0.1, -0.05) is 11.3 Å². The molecular formula is C14H16FN3OS. The van der Waals surface area contributed by atoms with Crippen molar-refractivity contribution >= 4 is 32.6 Å². The lowest BCUT2D eigenvalue weighted by Gasteiger charge is -2.38. The lowest BCUT2D eigenvalue weighted by atomic mass is 10.00. The van der Waals surface area contributed by atoms with Crippen LogP contribution in [-0.2, 0) is 4.79 Å². The molecule has 106 valence electrons. The first-order valence-corrected chi connectivity index (χ1v) is 7.46. The SMILES string of the molecule is CC(C)NC(=O)C1CN(c2nc3ccc(F)cc3s2)C1. The predicted molar refractivity (Wildman–Crippen MR) is 78.6 cm³/mol. The van der Waals surface area contributed by atoms with Crippen molar-refractivity contribution in [3.8, 4) is 0 Å². The quantitative estimate of drug-likeness (QED) is 0.945. The molecular weight excluding hydrogens is 277 g/mol. The van der Waals surface area contributed by atoms with E-state index >= 15 is 0 Å². The van der Waals surface area contributed by atoms with Gasteiger partial charge in [-0.3, -0.25) is 4.79 Å². The molecule has 0 bridgehead atoms. The first-order valence-electron chi connectivity index (χ1n) is 6.64. The number of thiazole rings is 1. The summed E-state index contributed by atoms with van der Waals surface area (Å²) in [5.74, 6) is -0.116. The van der Waals surface area contributed by atoms with Gasteiger partial charge in [0.1, 0.15) is 5.82 Å². The fourth-order valence-electron chi connectivity index (χ4n) is 2.22. The van der Waals surface area contributed by atoms with E-state index in [9.17, 15) is 9.18 Å². The molecule has 1 aliphatic rings. The summed E-state index contributed by atoms with van der Waals surface area (Å²) in [5.41, 5.74) is 0.807. The Balaban J connectivity index is 1.68. The van der Waals surface area contributed by atoms with E-state index in [1.165, 1.54) is 23.5 Å². The van der Waals surface area contributed by atoms with Crippen LogP contribution in [0, 0.1) is 11.7 Å². The molecule has 1 aromatic carbocycles. The van der Waals surface area contributed by atoms with Crippen LogP contribution in [0.1, 0.15) is 13.8 Å². The molecule has 1 amide bonds. The monoisotopic (exact) mass is 293 g/mol. The van der Waals surface area contributed by atoms with Crippen molar-refractivity contribution in [2.45, 2.75) is 19.9 Å². The molecule has 0 saturated carbocycles. The maximum absolute atomic E-state index is 13.1. The first kappa shape index (κ1) is 13.3. The van der Waals surface area contributed by atoms with Crippen LogP contribution < -0.4 is 10.2 Å². The number of carbonyl (C=O) groups is 1. The summed E-state index contributed by atoms with van der Waals surface area (Å²) >= 11 is 1.47. The second kappa shape index (κ2) is 5.01. The lowest BCUT2D eigenvalue weighted by molar-refractivity contribution is -0.126. The number of benzene rings is 1. The van der Waals surface area contributed by atoms with Gasteiger partial charge in [0, 0.05) is 19.1 Å². The minimum absolute atomic E-state index is 0.0288. The Bertz CT molecular complexity index is 649. The van der Waals surface area contributed by atoms with Crippen molar-refractivity contribution < 1.29 is 9.18 Å². The van der Waals surface area contributed by atoms with Gasteiger partial charge < -0.3 is 10.2 Å². The number of halogens is 1. The zero-order valence-electron chi connectivity index (χ0n) is 11.4. The van der Waals surface area contributed by atoms with Gasteiger partial charge in [0.25, 0.3) is 0 Å². The second-order valence-corrected chi connectivity index (χ2v) is 6.38. The number of hydrogen-bond donors (Lipinski definition) is 1.